The highest BCUT2D eigenvalue weighted by atomic mass is 16.5. The van der Waals surface area contributed by atoms with Crippen molar-refractivity contribution in [2.75, 3.05) is 7.11 Å². The summed E-state index contributed by atoms with van der Waals surface area (Å²) in [6.45, 7) is 7.71. The van der Waals surface area contributed by atoms with Gasteiger partial charge in [-0.2, -0.15) is 0 Å². The van der Waals surface area contributed by atoms with Crippen LogP contribution in [0.15, 0.2) is 48.6 Å². The third-order valence-corrected chi connectivity index (χ3v) is 3.80. The Morgan fingerprint density at radius 1 is 1.40 bits per heavy atom. The lowest BCUT2D eigenvalue weighted by Gasteiger charge is -2.31. The SMILES string of the molecule is C=CCC1C=C(C)C(=O)N1[C@@H](C)c1ccc(OC)cc1. The molecule has 1 aromatic rings. The molecule has 2 atom stereocenters. The highest BCUT2D eigenvalue weighted by Crippen LogP contribution is 2.31. The maximum Gasteiger partial charge on any atom is 0.250 e. The summed E-state index contributed by atoms with van der Waals surface area (Å²) in [5.74, 6) is 0.936. The Hall–Kier alpha value is -2.03. The lowest BCUT2D eigenvalue weighted by atomic mass is 10.0. The fourth-order valence-corrected chi connectivity index (χ4v) is 2.65. The number of hydrogen-bond donors (Lipinski definition) is 0. The standard InChI is InChI=1S/C17H21NO2/c1-5-6-15-11-12(2)17(19)18(15)13(3)14-7-9-16(20-4)10-8-14/h5,7-11,13,15H,1,6H2,2-4H3/t13-,15?/m0/s1. The van der Waals surface area contributed by atoms with Crippen molar-refractivity contribution in [3.05, 3.63) is 54.1 Å². The number of nitrogens with zero attached hydrogens (tertiary/aromatic N) is 1. The number of benzene rings is 1. The maximum absolute atomic E-state index is 12.3. The Kier molecular flexibility index (Phi) is 4.28. The van der Waals surface area contributed by atoms with E-state index in [4.69, 9.17) is 4.74 Å². The molecule has 3 nitrogen and oxygen atoms in total. The van der Waals surface area contributed by atoms with Crippen molar-refractivity contribution in [3.8, 4) is 5.75 Å². The van der Waals surface area contributed by atoms with E-state index in [1.165, 1.54) is 0 Å². The molecule has 1 aliphatic rings. The summed E-state index contributed by atoms with van der Waals surface area (Å²) < 4.78 is 5.17. The van der Waals surface area contributed by atoms with Gasteiger partial charge in [-0.05, 0) is 38.0 Å². The number of hydrogen-bond acceptors (Lipinski definition) is 2. The molecule has 0 spiro atoms. The van der Waals surface area contributed by atoms with E-state index in [9.17, 15) is 4.79 Å². The summed E-state index contributed by atoms with van der Waals surface area (Å²) in [7, 11) is 1.65. The average molecular weight is 271 g/mol. The molecule has 1 unspecified atom stereocenters. The van der Waals surface area contributed by atoms with Crippen molar-refractivity contribution >= 4 is 5.91 Å². The monoisotopic (exact) mass is 271 g/mol. The van der Waals surface area contributed by atoms with Gasteiger partial charge in [-0.25, -0.2) is 0 Å². The highest BCUT2D eigenvalue weighted by molar-refractivity contribution is 5.96. The van der Waals surface area contributed by atoms with Gasteiger partial charge in [-0.1, -0.05) is 24.3 Å². The molecule has 1 heterocycles. The molecule has 20 heavy (non-hydrogen) atoms. The molecule has 1 aliphatic heterocycles. The lowest BCUT2D eigenvalue weighted by molar-refractivity contribution is -0.129. The van der Waals surface area contributed by atoms with Crippen LogP contribution in [0.4, 0.5) is 0 Å². The molecule has 0 saturated carbocycles. The van der Waals surface area contributed by atoms with Crippen molar-refractivity contribution in [1.82, 2.24) is 4.90 Å². The topological polar surface area (TPSA) is 29.5 Å². The zero-order valence-electron chi connectivity index (χ0n) is 12.3. The molecule has 0 radical (unpaired) electrons. The van der Waals surface area contributed by atoms with Crippen LogP contribution in [0.2, 0.25) is 0 Å². The Morgan fingerprint density at radius 3 is 2.60 bits per heavy atom. The summed E-state index contributed by atoms with van der Waals surface area (Å²) in [4.78, 5) is 14.3. The molecule has 0 fully saturated rings. The van der Waals surface area contributed by atoms with E-state index in [1.54, 1.807) is 7.11 Å². The molecule has 3 heteroatoms. The van der Waals surface area contributed by atoms with E-state index in [0.29, 0.717) is 0 Å². The van der Waals surface area contributed by atoms with Gasteiger partial charge >= 0.3 is 0 Å². The molecule has 0 aromatic heterocycles. The number of carbonyl (C=O) groups is 1. The minimum absolute atomic E-state index is 0.0343. The number of amides is 1. The van der Waals surface area contributed by atoms with Gasteiger partial charge in [0, 0.05) is 5.57 Å². The summed E-state index contributed by atoms with van der Waals surface area (Å²) in [5.41, 5.74) is 1.92. The third-order valence-electron chi connectivity index (χ3n) is 3.80. The normalized spacial score (nSPS) is 19.8. The van der Waals surface area contributed by atoms with Crippen LogP contribution in [-0.2, 0) is 4.79 Å². The van der Waals surface area contributed by atoms with Crippen LogP contribution in [-0.4, -0.2) is 24.0 Å². The Balaban J connectivity index is 2.23. The van der Waals surface area contributed by atoms with E-state index in [-0.39, 0.29) is 18.0 Å². The van der Waals surface area contributed by atoms with Crippen LogP contribution in [0, 0.1) is 0 Å². The second-order valence-corrected chi connectivity index (χ2v) is 5.10. The first-order chi connectivity index (χ1) is 9.58. The fourth-order valence-electron chi connectivity index (χ4n) is 2.65. The van der Waals surface area contributed by atoms with Gasteiger partial charge in [0.05, 0.1) is 19.2 Å². The second-order valence-electron chi connectivity index (χ2n) is 5.10. The van der Waals surface area contributed by atoms with Crippen molar-refractivity contribution in [3.63, 3.8) is 0 Å². The molecule has 0 saturated heterocycles. The average Bonchev–Trinajstić information content (AvgIpc) is 2.74. The predicted molar refractivity (Wildman–Crippen MR) is 80.6 cm³/mol. The van der Waals surface area contributed by atoms with E-state index in [1.807, 2.05) is 48.2 Å². The predicted octanol–water partition coefficient (Wildman–Crippen LogP) is 3.49. The van der Waals surface area contributed by atoms with Gasteiger partial charge in [0.25, 0.3) is 0 Å². The molecule has 2 rings (SSSR count). The molecule has 1 aromatic carbocycles. The number of rotatable bonds is 5. The van der Waals surface area contributed by atoms with Crippen LogP contribution >= 0.6 is 0 Å². The second kappa shape index (κ2) is 5.95. The van der Waals surface area contributed by atoms with E-state index >= 15 is 0 Å². The number of carbonyl (C=O) groups excluding carboxylic acids is 1. The zero-order chi connectivity index (χ0) is 14.7. The van der Waals surface area contributed by atoms with Crippen LogP contribution < -0.4 is 4.74 Å². The molecule has 0 bridgehead atoms. The first-order valence-corrected chi connectivity index (χ1v) is 6.84. The minimum atomic E-state index is 0.0343. The molecule has 0 aliphatic carbocycles. The first kappa shape index (κ1) is 14.4. The van der Waals surface area contributed by atoms with Gasteiger partial charge in [-0.3, -0.25) is 4.79 Å². The fraction of sp³-hybridized carbons (Fsp3) is 0.353. The minimum Gasteiger partial charge on any atom is -0.497 e. The number of methoxy groups -OCH3 is 1. The third kappa shape index (κ3) is 2.62. The van der Waals surface area contributed by atoms with Crippen LogP contribution in [0.1, 0.15) is 31.9 Å². The zero-order valence-corrected chi connectivity index (χ0v) is 12.3. The van der Waals surface area contributed by atoms with Gasteiger partial charge in [-0.15, -0.1) is 6.58 Å². The van der Waals surface area contributed by atoms with Gasteiger partial charge in [0.2, 0.25) is 5.91 Å². The van der Waals surface area contributed by atoms with Crippen molar-refractivity contribution in [2.24, 2.45) is 0 Å². The van der Waals surface area contributed by atoms with Crippen LogP contribution in [0.5, 0.6) is 5.75 Å². The van der Waals surface area contributed by atoms with Crippen molar-refractivity contribution in [2.45, 2.75) is 32.4 Å². The summed E-state index contributed by atoms with van der Waals surface area (Å²) in [6, 6.07) is 8.01. The number of ether oxygens (including phenoxy) is 1. The quantitative estimate of drug-likeness (QED) is 0.767. The molecular formula is C17H21NO2. The highest BCUT2D eigenvalue weighted by Gasteiger charge is 2.33. The smallest absolute Gasteiger partial charge is 0.250 e. The van der Waals surface area contributed by atoms with Crippen molar-refractivity contribution < 1.29 is 9.53 Å². The van der Waals surface area contributed by atoms with Crippen LogP contribution in [0.25, 0.3) is 0 Å². The summed E-state index contributed by atoms with van der Waals surface area (Å²) in [5, 5.41) is 0. The van der Waals surface area contributed by atoms with Gasteiger partial charge < -0.3 is 9.64 Å². The summed E-state index contributed by atoms with van der Waals surface area (Å²) in [6.07, 6.45) is 4.67. The molecule has 0 N–H and O–H groups in total. The van der Waals surface area contributed by atoms with E-state index in [0.717, 1.165) is 23.3 Å². The van der Waals surface area contributed by atoms with Crippen LogP contribution in [0.3, 0.4) is 0 Å². The Labute approximate surface area is 120 Å². The molecular weight excluding hydrogens is 250 g/mol. The summed E-state index contributed by atoms with van der Waals surface area (Å²) >= 11 is 0. The van der Waals surface area contributed by atoms with Crippen molar-refractivity contribution in [1.29, 1.82) is 0 Å². The first-order valence-electron chi connectivity index (χ1n) is 6.84. The Morgan fingerprint density at radius 2 is 2.05 bits per heavy atom. The molecule has 106 valence electrons. The maximum atomic E-state index is 12.3. The molecule has 1 amide bonds. The van der Waals surface area contributed by atoms with Gasteiger partial charge in [0.15, 0.2) is 0 Å². The lowest BCUT2D eigenvalue weighted by Crippen LogP contribution is -2.36. The Bertz CT molecular complexity index is 530. The van der Waals surface area contributed by atoms with E-state index in [2.05, 4.69) is 13.5 Å². The van der Waals surface area contributed by atoms with E-state index < -0.39 is 0 Å². The largest absolute Gasteiger partial charge is 0.497 e. The van der Waals surface area contributed by atoms with Gasteiger partial charge in [0.1, 0.15) is 5.75 Å².